The molecule has 2 unspecified atom stereocenters. The van der Waals surface area contributed by atoms with Crippen molar-refractivity contribution in [1.29, 1.82) is 0 Å². The number of amides is 2. The summed E-state index contributed by atoms with van der Waals surface area (Å²) in [6.07, 6.45) is 1.42. The van der Waals surface area contributed by atoms with Gasteiger partial charge in [0.1, 0.15) is 17.4 Å². The van der Waals surface area contributed by atoms with Crippen LogP contribution in [-0.2, 0) is 32.0 Å². The van der Waals surface area contributed by atoms with Crippen molar-refractivity contribution in [2.45, 2.75) is 22.1 Å². The predicted molar refractivity (Wildman–Crippen MR) is 115 cm³/mol. The summed E-state index contributed by atoms with van der Waals surface area (Å²) in [5.74, 6) is -1.28. The average Bonchev–Trinajstić information content (AvgIpc) is 3.46. The highest BCUT2D eigenvalue weighted by Gasteiger charge is 2.66. The Kier molecular flexibility index (Phi) is 6.86. The third-order valence-corrected chi connectivity index (χ3v) is 8.15. The van der Waals surface area contributed by atoms with Crippen molar-refractivity contribution in [2.24, 2.45) is 7.05 Å². The molecule has 4 rings (SSSR count). The number of carboxylic acids is 1. The van der Waals surface area contributed by atoms with Crippen LogP contribution >= 0.6 is 35.3 Å². The number of nitrogens with one attached hydrogen (secondary N) is 1. The molecule has 0 radical (unpaired) electrons. The number of rotatable bonds is 10. The number of methoxy groups -OCH3 is 1. The summed E-state index contributed by atoms with van der Waals surface area (Å²) < 4.78 is 8.37. The van der Waals surface area contributed by atoms with Crippen LogP contribution in [0.1, 0.15) is 0 Å². The Morgan fingerprint density at radius 3 is 2.85 bits per heavy atom. The van der Waals surface area contributed by atoms with Gasteiger partial charge in [0.15, 0.2) is 0 Å². The summed E-state index contributed by atoms with van der Waals surface area (Å²) in [4.78, 5) is 38.8. The van der Waals surface area contributed by atoms with Crippen molar-refractivity contribution < 1.29 is 24.2 Å². The van der Waals surface area contributed by atoms with Crippen LogP contribution in [0.4, 0.5) is 0 Å². The molecule has 0 aliphatic carbocycles. The molecule has 0 saturated carbocycles. The molecule has 0 spiro atoms. The summed E-state index contributed by atoms with van der Waals surface area (Å²) in [6, 6.07) is 0. The van der Waals surface area contributed by atoms with E-state index in [2.05, 4.69) is 36.4 Å². The number of hydrogen-bond donors (Lipinski definition) is 2. The monoisotopic (exact) mass is 514 g/mol. The number of aliphatic carboxylic acids is 1. The lowest BCUT2D eigenvalue weighted by Crippen LogP contribution is -2.80. The lowest BCUT2D eigenvalue weighted by molar-refractivity contribution is -0.192. The molecule has 18 heteroatoms. The van der Waals surface area contributed by atoms with E-state index >= 15 is 0 Å². The number of hydrogen-bond acceptors (Lipinski definition) is 13. The summed E-state index contributed by atoms with van der Waals surface area (Å²) in [7, 11) is 2.98. The third kappa shape index (κ3) is 4.42. The number of carboxylic acid groups (broad SMARTS) is 1. The van der Waals surface area contributed by atoms with Gasteiger partial charge in [-0.15, -0.1) is 33.7 Å². The van der Waals surface area contributed by atoms with E-state index in [1.165, 1.54) is 63.0 Å². The van der Waals surface area contributed by atoms with Crippen molar-refractivity contribution in [1.82, 2.24) is 50.6 Å². The van der Waals surface area contributed by atoms with E-state index < -0.39 is 28.9 Å². The topological polar surface area (TPSA) is 183 Å². The molecule has 0 bridgehead atoms. The number of aromatic nitrogens is 8. The zero-order valence-electron chi connectivity index (χ0n) is 17.3. The normalized spacial score (nSPS) is 22.2. The highest BCUT2D eigenvalue weighted by molar-refractivity contribution is 8.01. The molecule has 2 atom stereocenters. The minimum absolute atomic E-state index is 0.0326. The first kappa shape index (κ1) is 23.5. The number of carbonyl (C=O) groups excluding carboxylic acids is 2. The number of fused-ring (bicyclic) bond motifs is 1. The Balaban J connectivity index is 1.44. The van der Waals surface area contributed by atoms with E-state index in [1.54, 1.807) is 7.05 Å². The molecule has 33 heavy (non-hydrogen) atoms. The van der Waals surface area contributed by atoms with Gasteiger partial charge < -0.3 is 15.2 Å². The number of aryl methyl sites for hydroxylation is 1. The van der Waals surface area contributed by atoms with Gasteiger partial charge in [-0.2, -0.15) is 0 Å². The van der Waals surface area contributed by atoms with Gasteiger partial charge in [0.05, 0.1) is 11.6 Å². The zero-order valence-corrected chi connectivity index (χ0v) is 19.8. The zero-order chi connectivity index (χ0) is 23.6. The van der Waals surface area contributed by atoms with Gasteiger partial charge in [0.25, 0.3) is 11.6 Å². The molecule has 176 valence electrons. The minimum Gasteiger partial charge on any atom is -0.477 e. The van der Waals surface area contributed by atoms with Gasteiger partial charge in [-0.25, -0.2) is 14.2 Å². The number of ether oxygens (including phenoxy) is 1. The first-order valence-electron chi connectivity index (χ1n) is 9.27. The maximum atomic E-state index is 13.1. The minimum atomic E-state index is -1.63. The van der Waals surface area contributed by atoms with E-state index in [0.717, 1.165) is 0 Å². The van der Waals surface area contributed by atoms with Crippen LogP contribution in [0.5, 0.6) is 0 Å². The fraction of sp³-hybridized carbons (Fsp3) is 0.533. The Hall–Kier alpha value is -2.70. The first-order valence-corrected chi connectivity index (χ1v) is 12.5. The van der Waals surface area contributed by atoms with Crippen molar-refractivity contribution >= 4 is 53.1 Å². The number of β-lactam (4-membered cyclic amide) rings is 1. The summed E-state index contributed by atoms with van der Waals surface area (Å²) in [5.41, 5.74) is -1.19. The van der Waals surface area contributed by atoms with Crippen LogP contribution in [0.15, 0.2) is 22.8 Å². The van der Waals surface area contributed by atoms with Gasteiger partial charge in [0.2, 0.25) is 11.1 Å². The molecule has 1 saturated heterocycles. The molecule has 0 aromatic carbocycles. The Morgan fingerprint density at radius 1 is 1.39 bits per heavy atom. The molecule has 1 fully saturated rings. The van der Waals surface area contributed by atoms with E-state index in [9.17, 15) is 19.5 Å². The second-order valence-corrected chi connectivity index (χ2v) is 9.75. The van der Waals surface area contributed by atoms with E-state index in [-0.39, 0.29) is 11.4 Å². The lowest BCUT2D eigenvalue weighted by Gasteiger charge is -2.55. The molecule has 2 aliphatic heterocycles. The third-order valence-electron chi connectivity index (χ3n) is 4.76. The number of nitrogens with zero attached hydrogens (tertiary/aromatic N) is 9. The molecule has 2 aromatic heterocycles. The quantitative estimate of drug-likeness (QED) is 0.210. The number of carbonyl (C=O) groups is 3. The Bertz CT molecular complexity index is 1090. The van der Waals surface area contributed by atoms with Gasteiger partial charge in [0, 0.05) is 25.7 Å². The van der Waals surface area contributed by atoms with Gasteiger partial charge in [-0.1, -0.05) is 11.8 Å². The standard InChI is InChI=1S/C15H18N10O5S3/c1-23-14(18-20-21-23)33-4-8-3-32-13-15(30-2,12(29)25(13)10(8)11(27)28)17-9(26)5-31-7-24-6-16-19-22-24/h6,13H,3-5,7H2,1-2H3,(H,17,26)(H,27,28). The number of tetrazole rings is 2. The van der Waals surface area contributed by atoms with Crippen molar-refractivity contribution in [3.05, 3.63) is 17.6 Å². The average molecular weight is 515 g/mol. The molecule has 2 N–H and O–H groups in total. The van der Waals surface area contributed by atoms with Crippen LogP contribution in [0, 0.1) is 0 Å². The van der Waals surface area contributed by atoms with Crippen LogP contribution in [0.2, 0.25) is 0 Å². The smallest absolute Gasteiger partial charge is 0.352 e. The molecular formula is C15H18N10O5S3. The Labute approximate surface area is 199 Å². The second kappa shape index (κ2) is 9.65. The van der Waals surface area contributed by atoms with E-state index in [0.29, 0.717) is 28.1 Å². The summed E-state index contributed by atoms with van der Waals surface area (Å²) in [5, 5.41) is 34.2. The van der Waals surface area contributed by atoms with Crippen LogP contribution in [0.3, 0.4) is 0 Å². The maximum Gasteiger partial charge on any atom is 0.352 e. The second-order valence-electron chi connectivity index (χ2n) is 6.78. The highest BCUT2D eigenvalue weighted by Crippen LogP contribution is 2.47. The van der Waals surface area contributed by atoms with Crippen LogP contribution in [0.25, 0.3) is 0 Å². The fourth-order valence-corrected chi connectivity index (χ4v) is 6.35. The lowest BCUT2D eigenvalue weighted by atomic mass is 9.98. The predicted octanol–water partition coefficient (Wildman–Crippen LogP) is -1.61. The Morgan fingerprint density at radius 2 is 2.21 bits per heavy atom. The van der Waals surface area contributed by atoms with Gasteiger partial charge in [-0.3, -0.25) is 14.5 Å². The summed E-state index contributed by atoms with van der Waals surface area (Å²) in [6.45, 7) is 0. The molecule has 15 nitrogen and oxygen atoms in total. The van der Waals surface area contributed by atoms with Crippen LogP contribution in [-0.4, -0.2) is 104 Å². The van der Waals surface area contributed by atoms with E-state index in [1.807, 2.05) is 0 Å². The number of thioether (sulfide) groups is 3. The van der Waals surface area contributed by atoms with Gasteiger partial charge >= 0.3 is 5.97 Å². The maximum absolute atomic E-state index is 13.1. The van der Waals surface area contributed by atoms with Crippen molar-refractivity contribution in [2.75, 3.05) is 24.4 Å². The molecule has 2 aliphatic rings. The SMILES string of the molecule is COC1(NC(=O)CSCn2cnnn2)C(=O)N2C(C(=O)O)=C(CSc3nnnn3C)CSC21. The van der Waals surface area contributed by atoms with E-state index in [4.69, 9.17) is 4.74 Å². The highest BCUT2D eigenvalue weighted by atomic mass is 32.2. The van der Waals surface area contributed by atoms with Crippen molar-refractivity contribution in [3.63, 3.8) is 0 Å². The largest absolute Gasteiger partial charge is 0.477 e. The van der Waals surface area contributed by atoms with Crippen molar-refractivity contribution in [3.8, 4) is 0 Å². The summed E-state index contributed by atoms with van der Waals surface area (Å²) >= 11 is 3.83. The molecule has 2 aromatic rings. The van der Waals surface area contributed by atoms with Crippen LogP contribution < -0.4 is 5.32 Å². The van der Waals surface area contributed by atoms with Gasteiger partial charge in [-0.05, 0) is 26.4 Å². The first-order chi connectivity index (χ1) is 15.9. The molecule has 4 heterocycles. The molecular weight excluding hydrogens is 496 g/mol. The molecule has 2 amide bonds. The fourth-order valence-electron chi connectivity index (χ4n) is 3.26.